The van der Waals surface area contributed by atoms with Crippen LogP contribution in [0.4, 0.5) is 0 Å². The summed E-state index contributed by atoms with van der Waals surface area (Å²) in [6.07, 6.45) is 1.28. The summed E-state index contributed by atoms with van der Waals surface area (Å²) in [7, 11) is -3.51. The summed E-state index contributed by atoms with van der Waals surface area (Å²) in [5.74, 6) is -0.279. The average molecular weight is 321 g/mol. The van der Waals surface area contributed by atoms with Crippen LogP contribution in [0.2, 0.25) is 0 Å². The molecule has 0 radical (unpaired) electrons. The van der Waals surface area contributed by atoms with E-state index >= 15 is 0 Å². The standard InChI is InChI=1S/C12H27N5O3S/c13-2-5-15-3-1-4-16-6-7-17-9-11(8-12(17)18)10-21(14,19)20/h11,15-16H,1-10,13H2,(H2,14,19,20). The van der Waals surface area contributed by atoms with E-state index in [9.17, 15) is 13.2 Å². The quantitative estimate of drug-likeness (QED) is 0.315. The second kappa shape index (κ2) is 9.31. The number of amides is 1. The van der Waals surface area contributed by atoms with Gasteiger partial charge in [0.15, 0.2) is 0 Å². The normalized spacial score (nSPS) is 19.4. The van der Waals surface area contributed by atoms with Crippen molar-refractivity contribution in [3.8, 4) is 0 Å². The van der Waals surface area contributed by atoms with Gasteiger partial charge in [-0.15, -0.1) is 0 Å². The smallest absolute Gasteiger partial charge is 0.223 e. The third-order valence-corrected chi connectivity index (χ3v) is 4.29. The van der Waals surface area contributed by atoms with E-state index in [1.54, 1.807) is 4.90 Å². The van der Waals surface area contributed by atoms with Crippen LogP contribution >= 0.6 is 0 Å². The molecule has 0 saturated carbocycles. The monoisotopic (exact) mass is 321 g/mol. The molecule has 1 amide bonds. The summed E-state index contributed by atoms with van der Waals surface area (Å²) in [6, 6.07) is 0. The first-order valence-corrected chi connectivity index (χ1v) is 9.03. The van der Waals surface area contributed by atoms with Crippen molar-refractivity contribution in [2.75, 3.05) is 51.6 Å². The molecule has 1 unspecified atom stereocenters. The van der Waals surface area contributed by atoms with Crippen LogP contribution in [-0.4, -0.2) is 70.8 Å². The minimum atomic E-state index is -3.51. The Morgan fingerprint density at radius 1 is 1.19 bits per heavy atom. The fraction of sp³-hybridized carbons (Fsp3) is 0.917. The molecule has 21 heavy (non-hydrogen) atoms. The molecule has 1 fully saturated rings. The molecule has 1 aliphatic rings. The highest BCUT2D eigenvalue weighted by molar-refractivity contribution is 7.89. The maximum Gasteiger partial charge on any atom is 0.223 e. The van der Waals surface area contributed by atoms with Gasteiger partial charge in [0.2, 0.25) is 15.9 Å². The Bertz CT molecular complexity index is 415. The SMILES string of the molecule is NCCNCCCNCCN1CC(CS(N)(=O)=O)CC1=O. The fourth-order valence-corrected chi connectivity index (χ4v) is 3.30. The topological polar surface area (TPSA) is 131 Å². The van der Waals surface area contributed by atoms with E-state index in [1.807, 2.05) is 0 Å². The molecule has 1 heterocycles. The van der Waals surface area contributed by atoms with Crippen LogP contribution in [0.5, 0.6) is 0 Å². The Morgan fingerprint density at radius 3 is 2.48 bits per heavy atom. The molecular formula is C12H27N5O3S. The number of nitrogens with one attached hydrogen (secondary N) is 2. The van der Waals surface area contributed by atoms with Gasteiger partial charge in [-0.1, -0.05) is 0 Å². The van der Waals surface area contributed by atoms with Crippen molar-refractivity contribution < 1.29 is 13.2 Å². The van der Waals surface area contributed by atoms with Gasteiger partial charge in [-0.2, -0.15) is 0 Å². The Balaban J connectivity index is 2.09. The lowest BCUT2D eigenvalue weighted by molar-refractivity contribution is -0.127. The third kappa shape index (κ3) is 8.32. The lowest BCUT2D eigenvalue weighted by atomic mass is 10.1. The molecule has 0 aromatic heterocycles. The first-order valence-electron chi connectivity index (χ1n) is 7.32. The number of nitrogens with two attached hydrogens (primary N) is 2. The molecule has 1 rings (SSSR count). The van der Waals surface area contributed by atoms with Crippen molar-refractivity contribution in [2.24, 2.45) is 16.8 Å². The van der Waals surface area contributed by atoms with Gasteiger partial charge < -0.3 is 21.3 Å². The van der Waals surface area contributed by atoms with Crippen molar-refractivity contribution in [2.45, 2.75) is 12.8 Å². The van der Waals surface area contributed by atoms with Gasteiger partial charge in [-0.05, 0) is 19.5 Å². The molecule has 0 aromatic rings. The van der Waals surface area contributed by atoms with Crippen LogP contribution in [0.3, 0.4) is 0 Å². The molecule has 8 nitrogen and oxygen atoms in total. The number of hydrogen-bond acceptors (Lipinski definition) is 6. The molecular weight excluding hydrogens is 294 g/mol. The first-order chi connectivity index (χ1) is 9.92. The summed E-state index contributed by atoms with van der Waals surface area (Å²) in [5.41, 5.74) is 5.36. The van der Waals surface area contributed by atoms with E-state index in [4.69, 9.17) is 10.9 Å². The molecule has 124 valence electrons. The number of nitrogens with zero attached hydrogens (tertiary/aromatic N) is 1. The molecule has 0 bridgehead atoms. The Morgan fingerprint density at radius 2 is 1.86 bits per heavy atom. The predicted molar refractivity (Wildman–Crippen MR) is 82.1 cm³/mol. The van der Waals surface area contributed by atoms with Gasteiger partial charge >= 0.3 is 0 Å². The van der Waals surface area contributed by atoms with Gasteiger partial charge in [-0.3, -0.25) is 4.79 Å². The number of rotatable bonds is 11. The highest BCUT2D eigenvalue weighted by atomic mass is 32.2. The molecule has 0 aromatic carbocycles. The number of primary sulfonamides is 1. The summed E-state index contributed by atoms with van der Waals surface area (Å²) < 4.78 is 22.1. The largest absolute Gasteiger partial charge is 0.341 e. The van der Waals surface area contributed by atoms with Crippen LogP contribution in [0.15, 0.2) is 0 Å². The van der Waals surface area contributed by atoms with Crippen LogP contribution in [-0.2, 0) is 14.8 Å². The van der Waals surface area contributed by atoms with Gasteiger partial charge in [0.05, 0.1) is 5.75 Å². The van der Waals surface area contributed by atoms with E-state index in [1.165, 1.54) is 0 Å². The van der Waals surface area contributed by atoms with E-state index in [0.29, 0.717) is 26.2 Å². The van der Waals surface area contributed by atoms with Crippen molar-refractivity contribution in [1.82, 2.24) is 15.5 Å². The summed E-state index contributed by atoms with van der Waals surface area (Å²) in [4.78, 5) is 13.5. The van der Waals surface area contributed by atoms with Crippen LogP contribution in [0.1, 0.15) is 12.8 Å². The Labute approximate surface area is 126 Å². The minimum absolute atomic E-state index is 0.00932. The molecule has 9 heteroatoms. The van der Waals surface area contributed by atoms with Crippen LogP contribution in [0.25, 0.3) is 0 Å². The number of sulfonamides is 1. The zero-order valence-electron chi connectivity index (χ0n) is 12.4. The van der Waals surface area contributed by atoms with E-state index < -0.39 is 10.0 Å². The lowest BCUT2D eigenvalue weighted by Crippen LogP contribution is -2.35. The highest BCUT2D eigenvalue weighted by Gasteiger charge is 2.31. The van der Waals surface area contributed by atoms with Crippen molar-refractivity contribution in [1.29, 1.82) is 0 Å². The number of hydrogen-bond donors (Lipinski definition) is 4. The number of likely N-dealkylation sites (tertiary alicyclic amines) is 1. The molecule has 6 N–H and O–H groups in total. The molecule has 1 aliphatic heterocycles. The number of carbonyl (C=O) groups excluding carboxylic acids is 1. The first kappa shape index (κ1) is 18.3. The van der Waals surface area contributed by atoms with Gasteiger partial charge in [0.1, 0.15) is 0 Å². The predicted octanol–water partition coefficient (Wildman–Crippen LogP) is -2.35. The zero-order valence-corrected chi connectivity index (χ0v) is 13.2. The van der Waals surface area contributed by atoms with E-state index in [0.717, 1.165) is 26.1 Å². The van der Waals surface area contributed by atoms with E-state index in [2.05, 4.69) is 10.6 Å². The lowest BCUT2D eigenvalue weighted by Gasteiger charge is -2.16. The molecule has 0 spiro atoms. The van der Waals surface area contributed by atoms with E-state index in [-0.39, 0.29) is 24.0 Å². The Hall–Kier alpha value is -0.740. The zero-order chi connectivity index (χ0) is 15.7. The van der Waals surface area contributed by atoms with Crippen molar-refractivity contribution >= 4 is 15.9 Å². The van der Waals surface area contributed by atoms with Crippen molar-refractivity contribution in [3.05, 3.63) is 0 Å². The second-order valence-electron chi connectivity index (χ2n) is 5.38. The minimum Gasteiger partial charge on any atom is -0.341 e. The van der Waals surface area contributed by atoms with Crippen LogP contribution in [0, 0.1) is 5.92 Å². The summed E-state index contributed by atoms with van der Waals surface area (Å²) in [6.45, 7) is 5.07. The molecule has 1 atom stereocenters. The maximum atomic E-state index is 11.7. The third-order valence-electron chi connectivity index (χ3n) is 3.35. The molecule has 1 saturated heterocycles. The van der Waals surface area contributed by atoms with Gasteiger partial charge in [0.25, 0.3) is 0 Å². The molecule has 0 aliphatic carbocycles. The van der Waals surface area contributed by atoms with Crippen molar-refractivity contribution in [3.63, 3.8) is 0 Å². The van der Waals surface area contributed by atoms with Crippen LogP contribution < -0.4 is 21.5 Å². The second-order valence-corrected chi connectivity index (χ2v) is 7.04. The summed E-state index contributed by atoms with van der Waals surface area (Å²) >= 11 is 0. The Kier molecular flexibility index (Phi) is 8.12. The number of carbonyl (C=O) groups is 1. The summed E-state index contributed by atoms with van der Waals surface area (Å²) in [5, 5.41) is 11.5. The van der Waals surface area contributed by atoms with Gasteiger partial charge in [-0.25, -0.2) is 13.6 Å². The average Bonchev–Trinajstić information content (AvgIpc) is 2.70. The van der Waals surface area contributed by atoms with Gasteiger partial charge in [0, 0.05) is 45.1 Å². The fourth-order valence-electron chi connectivity index (χ4n) is 2.41. The highest BCUT2D eigenvalue weighted by Crippen LogP contribution is 2.18. The maximum absolute atomic E-state index is 11.7.